The van der Waals surface area contributed by atoms with Gasteiger partial charge in [-0.2, -0.15) is 5.10 Å². The lowest BCUT2D eigenvalue weighted by molar-refractivity contribution is -0.113. The molecule has 0 radical (unpaired) electrons. The Kier molecular flexibility index (Phi) is 6.56. The Hall–Kier alpha value is -3.32. The van der Waals surface area contributed by atoms with Crippen LogP contribution in [-0.2, 0) is 4.79 Å². The summed E-state index contributed by atoms with van der Waals surface area (Å²) in [7, 11) is 0. The van der Waals surface area contributed by atoms with Crippen LogP contribution in [0.2, 0.25) is 5.02 Å². The van der Waals surface area contributed by atoms with Crippen molar-refractivity contribution in [3.63, 3.8) is 0 Å². The normalized spacial score (nSPS) is 12.0. The molecule has 27 heavy (non-hydrogen) atoms. The van der Waals surface area contributed by atoms with Crippen molar-refractivity contribution < 1.29 is 19.8 Å². The van der Waals surface area contributed by atoms with Crippen LogP contribution in [0, 0.1) is 0 Å². The molecular weight excluding hydrogens is 370 g/mol. The number of hydrogen-bond donors (Lipinski definition) is 4. The second-order valence-corrected chi connectivity index (χ2v) is 5.90. The number of carbonyl (C=O) groups excluding carboxylic acids is 2. The van der Waals surface area contributed by atoms with Gasteiger partial charge in [-0.25, -0.2) is 0 Å². The number of aromatic amines is 1. The molecule has 0 aliphatic rings. The van der Waals surface area contributed by atoms with Crippen molar-refractivity contribution in [1.29, 1.82) is 0 Å². The number of phenols is 2. The highest BCUT2D eigenvalue weighted by atomic mass is 35.5. The zero-order chi connectivity index (χ0) is 20.0. The number of amides is 1. The molecule has 0 spiro atoms. The first kappa shape index (κ1) is 20.0. The number of phenolic OH excluding ortho intramolecular Hbond substituents is 2. The van der Waals surface area contributed by atoms with Crippen LogP contribution in [0.25, 0.3) is 11.3 Å². The third kappa shape index (κ3) is 4.86. The number of hydrogen-bond acceptors (Lipinski definition) is 5. The number of carbonyl (C=O) groups is 2. The van der Waals surface area contributed by atoms with Gasteiger partial charge < -0.3 is 15.5 Å². The second kappa shape index (κ2) is 8.86. The maximum Gasteiger partial charge on any atom is 0.259 e. The van der Waals surface area contributed by atoms with E-state index in [2.05, 4.69) is 15.5 Å². The summed E-state index contributed by atoms with van der Waals surface area (Å²) in [6.45, 7) is 3.25. The molecule has 0 unspecified atom stereocenters. The van der Waals surface area contributed by atoms with Gasteiger partial charge in [0.1, 0.15) is 11.5 Å². The fourth-order valence-corrected chi connectivity index (χ4v) is 2.40. The van der Waals surface area contributed by atoms with Crippen LogP contribution >= 0.6 is 11.6 Å². The number of aromatic hydroxyl groups is 2. The Morgan fingerprint density at radius 1 is 1.26 bits per heavy atom. The topological polar surface area (TPSA) is 115 Å². The number of benzene rings is 1. The number of aromatic nitrogens is 2. The summed E-state index contributed by atoms with van der Waals surface area (Å²) in [5, 5.41) is 28.6. The fourth-order valence-electron chi connectivity index (χ4n) is 2.24. The van der Waals surface area contributed by atoms with E-state index in [9.17, 15) is 19.8 Å². The van der Waals surface area contributed by atoms with Gasteiger partial charge in [-0.3, -0.25) is 14.7 Å². The Bertz CT molecular complexity index is 958. The first-order valence-electron chi connectivity index (χ1n) is 7.91. The minimum Gasteiger partial charge on any atom is -0.507 e. The highest BCUT2D eigenvalue weighted by molar-refractivity contribution is 6.32. The van der Waals surface area contributed by atoms with E-state index < -0.39 is 5.91 Å². The van der Waals surface area contributed by atoms with Crippen LogP contribution in [0.15, 0.2) is 54.4 Å². The SMILES string of the molecule is C\C=C/C(=C\C=C\NC(=O)c1cn[nH]c1-c1cc(Cl)c(O)cc1O)C(C)=O. The molecule has 0 fully saturated rings. The van der Waals surface area contributed by atoms with Gasteiger partial charge >= 0.3 is 0 Å². The number of allylic oxidation sites excluding steroid dienone is 5. The molecule has 2 rings (SSSR count). The van der Waals surface area contributed by atoms with Crippen molar-refractivity contribution in [2.75, 3.05) is 0 Å². The molecule has 1 heterocycles. The van der Waals surface area contributed by atoms with Gasteiger partial charge in [-0.15, -0.1) is 0 Å². The predicted molar refractivity (Wildman–Crippen MR) is 103 cm³/mol. The maximum absolute atomic E-state index is 12.4. The van der Waals surface area contributed by atoms with E-state index in [0.717, 1.165) is 6.07 Å². The van der Waals surface area contributed by atoms with Gasteiger partial charge in [0.15, 0.2) is 5.78 Å². The summed E-state index contributed by atoms with van der Waals surface area (Å²) in [5.74, 6) is -1.12. The van der Waals surface area contributed by atoms with E-state index in [-0.39, 0.29) is 39.1 Å². The van der Waals surface area contributed by atoms with E-state index in [1.807, 2.05) is 0 Å². The van der Waals surface area contributed by atoms with E-state index in [1.165, 1.54) is 31.5 Å². The molecule has 0 saturated heterocycles. The van der Waals surface area contributed by atoms with Crippen LogP contribution in [0.1, 0.15) is 24.2 Å². The Labute approximate surface area is 160 Å². The summed E-state index contributed by atoms with van der Waals surface area (Å²) in [4.78, 5) is 23.8. The van der Waals surface area contributed by atoms with Gasteiger partial charge in [-0.05, 0) is 32.1 Å². The van der Waals surface area contributed by atoms with Crippen LogP contribution in [0.4, 0.5) is 0 Å². The van der Waals surface area contributed by atoms with E-state index >= 15 is 0 Å². The molecule has 1 amide bonds. The number of halogens is 1. The Morgan fingerprint density at radius 2 is 2.00 bits per heavy atom. The largest absolute Gasteiger partial charge is 0.507 e. The molecular formula is C19H18ClN3O4. The monoisotopic (exact) mass is 387 g/mol. The Morgan fingerprint density at radius 3 is 2.67 bits per heavy atom. The summed E-state index contributed by atoms with van der Waals surface area (Å²) in [5.41, 5.74) is 1.13. The fraction of sp³-hybridized carbons (Fsp3) is 0.105. The van der Waals surface area contributed by atoms with Gasteiger partial charge in [0.25, 0.3) is 5.91 Å². The molecule has 2 aromatic rings. The van der Waals surface area contributed by atoms with Gasteiger partial charge in [0.2, 0.25) is 0 Å². The maximum atomic E-state index is 12.4. The highest BCUT2D eigenvalue weighted by Crippen LogP contribution is 2.37. The average Bonchev–Trinajstić information content (AvgIpc) is 3.10. The summed E-state index contributed by atoms with van der Waals surface area (Å²) >= 11 is 5.87. The van der Waals surface area contributed by atoms with Gasteiger partial charge in [0.05, 0.1) is 22.5 Å². The molecule has 0 aliphatic heterocycles. The van der Waals surface area contributed by atoms with Crippen molar-refractivity contribution in [3.8, 4) is 22.8 Å². The zero-order valence-electron chi connectivity index (χ0n) is 14.7. The van der Waals surface area contributed by atoms with Crippen LogP contribution < -0.4 is 5.32 Å². The first-order valence-corrected chi connectivity index (χ1v) is 8.29. The minimum absolute atomic E-state index is 0.0227. The summed E-state index contributed by atoms with van der Waals surface area (Å²) in [6, 6.07) is 2.40. The van der Waals surface area contributed by atoms with Gasteiger partial charge in [0, 0.05) is 23.4 Å². The number of H-pyrrole nitrogens is 1. The molecule has 4 N–H and O–H groups in total. The predicted octanol–water partition coefficient (Wildman–Crippen LogP) is 3.48. The second-order valence-electron chi connectivity index (χ2n) is 5.49. The van der Waals surface area contributed by atoms with E-state index in [0.29, 0.717) is 5.57 Å². The number of nitrogens with zero attached hydrogens (tertiary/aromatic N) is 1. The number of ketones is 1. The molecule has 140 valence electrons. The first-order chi connectivity index (χ1) is 12.8. The van der Waals surface area contributed by atoms with Gasteiger partial charge in [-0.1, -0.05) is 23.8 Å². The van der Waals surface area contributed by atoms with Crippen molar-refractivity contribution in [2.24, 2.45) is 0 Å². The highest BCUT2D eigenvalue weighted by Gasteiger charge is 2.18. The lowest BCUT2D eigenvalue weighted by atomic mass is 10.1. The van der Waals surface area contributed by atoms with Crippen molar-refractivity contribution >= 4 is 23.3 Å². The summed E-state index contributed by atoms with van der Waals surface area (Å²) in [6.07, 6.45) is 9.20. The average molecular weight is 388 g/mol. The molecule has 0 atom stereocenters. The number of rotatable bonds is 6. The quantitative estimate of drug-likeness (QED) is 0.447. The van der Waals surface area contributed by atoms with Crippen LogP contribution in [-0.4, -0.2) is 32.1 Å². The molecule has 0 bridgehead atoms. The molecule has 0 saturated carbocycles. The van der Waals surface area contributed by atoms with E-state index in [4.69, 9.17) is 11.6 Å². The lowest BCUT2D eigenvalue weighted by Crippen LogP contribution is -2.17. The Balaban J connectivity index is 2.22. The third-order valence-electron chi connectivity index (χ3n) is 3.56. The molecule has 7 nitrogen and oxygen atoms in total. The van der Waals surface area contributed by atoms with Crippen LogP contribution in [0.5, 0.6) is 11.5 Å². The third-order valence-corrected chi connectivity index (χ3v) is 3.86. The number of nitrogens with one attached hydrogen (secondary N) is 2. The zero-order valence-corrected chi connectivity index (χ0v) is 15.4. The molecule has 0 aliphatic carbocycles. The number of Topliss-reactive ketones (excluding diaryl/α,β-unsaturated/α-hetero) is 1. The van der Waals surface area contributed by atoms with Crippen molar-refractivity contribution in [3.05, 3.63) is 65.0 Å². The van der Waals surface area contributed by atoms with Crippen molar-refractivity contribution in [1.82, 2.24) is 15.5 Å². The van der Waals surface area contributed by atoms with E-state index in [1.54, 1.807) is 25.2 Å². The molecule has 8 heteroatoms. The lowest BCUT2D eigenvalue weighted by Gasteiger charge is -2.07. The standard InChI is InChI=1S/C19H18ClN3O4/c1-3-5-12(11(2)24)6-4-7-21-19(27)14-10-22-23-18(14)13-8-15(20)17(26)9-16(13)25/h3-10,25-26H,1-2H3,(H,21,27)(H,22,23)/b5-3-,7-4+,12-6+. The molecule has 1 aromatic heterocycles. The van der Waals surface area contributed by atoms with Crippen molar-refractivity contribution in [2.45, 2.75) is 13.8 Å². The molecule has 1 aromatic carbocycles. The summed E-state index contributed by atoms with van der Waals surface area (Å²) < 4.78 is 0. The minimum atomic E-state index is -0.484. The van der Waals surface area contributed by atoms with Crippen LogP contribution in [0.3, 0.4) is 0 Å². The smallest absolute Gasteiger partial charge is 0.259 e.